The Morgan fingerprint density at radius 1 is 0.640 bits per heavy atom. The second-order valence-electron chi connectivity index (χ2n) is 7.16. The van der Waals surface area contributed by atoms with Crippen LogP contribution in [0.2, 0.25) is 0 Å². The molecule has 1 heterocycles. The van der Waals surface area contributed by atoms with Gasteiger partial charge in [-0.1, -0.05) is 35.4 Å². The molecule has 1 aliphatic rings. The fraction of sp³-hybridized carbons (Fsp3) is 0.429. The Balaban J connectivity index is 0.00000109. The minimum atomic E-state index is 0.982. The van der Waals surface area contributed by atoms with Crippen LogP contribution in [0.4, 0.5) is 11.4 Å². The third-order valence-electron chi connectivity index (χ3n) is 4.88. The van der Waals surface area contributed by atoms with E-state index in [1.54, 1.807) is 0 Å². The molecule has 140 valence electrons. The van der Waals surface area contributed by atoms with Crippen LogP contribution in [-0.4, -0.2) is 19.8 Å². The van der Waals surface area contributed by atoms with E-state index in [2.05, 4.69) is 104 Å². The Labute approximate surface area is 168 Å². The summed E-state index contributed by atoms with van der Waals surface area (Å²) in [5.74, 6) is 0. The molecule has 2 aromatic carbocycles. The Hall–Kier alpha value is -0.961. The molecule has 2 aromatic rings. The van der Waals surface area contributed by atoms with Gasteiger partial charge in [0.15, 0.2) is 0 Å². The molecule has 2 nitrogen and oxygen atoms in total. The normalized spacial score (nSPS) is 13.8. The van der Waals surface area contributed by atoms with Crippen LogP contribution >= 0.6 is 14.1 Å². The van der Waals surface area contributed by atoms with Crippen LogP contribution in [0.1, 0.15) is 33.4 Å². The molecular weight excluding hydrogens is 424 g/mol. The second kappa shape index (κ2) is 8.62. The minimum absolute atomic E-state index is 0.982. The Kier molecular flexibility index (Phi) is 7.01. The van der Waals surface area contributed by atoms with Crippen molar-refractivity contribution in [1.29, 1.82) is 0 Å². The summed E-state index contributed by atoms with van der Waals surface area (Å²) in [4.78, 5) is 5.06. The van der Waals surface area contributed by atoms with Crippen LogP contribution < -0.4 is 9.80 Å². The average Bonchev–Trinajstić information content (AvgIpc) is 2.96. The number of anilines is 2. The first-order valence-electron chi connectivity index (χ1n) is 8.64. The number of aryl methyl sites for hydroxylation is 6. The molecule has 1 saturated heterocycles. The summed E-state index contributed by atoms with van der Waals surface area (Å²) in [6, 6.07) is 9.20. The molecule has 3 rings (SSSR count). The standard InChI is InChI=1S/C21H28N2.BrH.Cu/c1-14-9-16(3)20(17(4)10-14)22-7-8-23(13-22)21-18(5)11-15(2)12-19(21)6;;/h9-12H,7-8,13H2,1-6H3;1H;/q;;+1/p-1. The molecule has 25 heavy (non-hydrogen) atoms. The molecule has 0 atom stereocenters. The molecule has 0 bridgehead atoms. The van der Waals surface area contributed by atoms with Crippen LogP contribution in [0.5, 0.6) is 0 Å². The van der Waals surface area contributed by atoms with E-state index in [4.69, 9.17) is 0 Å². The van der Waals surface area contributed by atoms with Crippen LogP contribution in [0.25, 0.3) is 0 Å². The molecule has 1 aliphatic heterocycles. The first kappa shape index (κ1) is 20.4. The molecular formula is C21H28BrCuN2. The number of rotatable bonds is 2. The van der Waals surface area contributed by atoms with Gasteiger partial charge < -0.3 is 9.80 Å². The third kappa shape index (κ3) is 4.42. The van der Waals surface area contributed by atoms with Gasteiger partial charge in [0.2, 0.25) is 0 Å². The van der Waals surface area contributed by atoms with E-state index in [-0.39, 0.29) is 0 Å². The van der Waals surface area contributed by atoms with Crippen molar-refractivity contribution in [2.75, 3.05) is 29.6 Å². The molecule has 0 radical (unpaired) electrons. The van der Waals surface area contributed by atoms with E-state index in [0.29, 0.717) is 0 Å². The summed E-state index contributed by atoms with van der Waals surface area (Å²) in [6.07, 6.45) is 0. The summed E-state index contributed by atoms with van der Waals surface area (Å²) < 4.78 is 0. The number of nitrogens with zero attached hydrogens (tertiary/aromatic N) is 2. The molecule has 0 aliphatic carbocycles. The van der Waals surface area contributed by atoms with Gasteiger partial charge in [-0.05, 0) is 63.8 Å². The van der Waals surface area contributed by atoms with Crippen molar-refractivity contribution in [3.63, 3.8) is 0 Å². The van der Waals surface area contributed by atoms with Crippen LogP contribution in [-0.2, 0) is 14.2 Å². The van der Waals surface area contributed by atoms with Crippen molar-refractivity contribution in [2.24, 2.45) is 0 Å². The molecule has 4 heteroatoms. The first-order valence-corrected chi connectivity index (χ1v) is 11.0. The van der Waals surface area contributed by atoms with Gasteiger partial charge in [0.1, 0.15) is 0 Å². The molecule has 0 spiro atoms. The van der Waals surface area contributed by atoms with Crippen molar-refractivity contribution >= 4 is 25.5 Å². The van der Waals surface area contributed by atoms with E-state index in [9.17, 15) is 0 Å². The van der Waals surface area contributed by atoms with Gasteiger partial charge in [0.05, 0.1) is 6.67 Å². The number of halogens is 1. The zero-order valence-electron chi connectivity index (χ0n) is 16.0. The van der Waals surface area contributed by atoms with Gasteiger partial charge in [0, 0.05) is 24.5 Å². The topological polar surface area (TPSA) is 6.48 Å². The van der Waals surface area contributed by atoms with Crippen molar-refractivity contribution in [2.45, 2.75) is 41.5 Å². The predicted octanol–water partition coefficient (Wildman–Crippen LogP) is 5.66. The predicted molar refractivity (Wildman–Crippen MR) is 110 cm³/mol. The van der Waals surface area contributed by atoms with Crippen molar-refractivity contribution in [3.05, 3.63) is 57.6 Å². The van der Waals surface area contributed by atoms with Crippen molar-refractivity contribution in [3.8, 4) is 0 Å². The van der Waals surface area contributed by atoms with Crippen molar-refractivity contribution in [1.82, 2.24) is 0 Å². The Bertz CT molecular complexity index is 648. The second-order valence-corrected chi connectivity index (χ2v) is 7.16. The van der Waals surface area contributed by atoms with Gasteiger partial charge in [0.25, 0.3) is 0 Å². The van der Waals surface area contributed by atoms with Gasteiger partial charge >= 0.3 is 28.3 Å². The fourth-order valence-electron chi connectivity index (χ4n) is 4.30. The maximum absolute atomic E-state index is 4.00. The van der Waals surface area contributed by atoms with Gasteiger partial charge in [-0.15, -0.1) is 0 Å². The molecule has 0 aromatic heterocycles. The summed E-state index contributed by atoms with van der Waals surface area (Å²) in [6.45, 7) is 16.5. The Morgan fingerprint density at radius 2 is 0.920 bits per heavy atom. The first-order chi connectivity index (χ1) is 11.9. The van der Waals surface area contributed by atoms with Gasteiger partial charge in [-0.2, -0.15) is 0 Å². The average molecular weight is 452 g/mol. The summed E-state index contributed by atoms with van der Waals surface area (Å²) >= 11 is 6.50. The van der Waals surface area contributed by atoms with E-state index < -0.39 is 0 Å². The van der Waals surface area contributed by atoms with Crippen LogP contribution in [0.15, 0.2) is 24.3 Å². The molecule has 0 saturated carbocycles. The summed E-state index contributed by atoms with van der Waals surface area (Å²) in [7, 11) is 0. The zero-order chi connectivity index (χ0) is 18.7. The summed E-state index contributed by atoms with van der Waals surface area (Å²) in [5.41, 5.74) is 11.1. The molecule has 1 fully saturated rings. The monoisotopic (exact) mass is 450 g/mol. The quantitative estimate of drug-likeness (QED) is 0.543. The third-order valence-corrected chi connectivity index (χ3v) is 4.88. The van der Waals surface area contributed by atoms with Crippen molar-refractivity contribution < 1.29 is 14.2 Å². The maximum atomic E-state index is 4.00. The number of hydrogen-bond donors (Lipinski definition) is 0. The molecule has 0 N–H and O–H groups in total. The number of benzene rings is 2. The SMILES string of the molecule is Cc1cc(C)c(N2CCN(c3c(C)cc(C)cc3C)C2)c(C)c1.[Cu][Br]. The van der Waals surface area contributed by atoms with Gasteiger partial charge in [-0.3, -0.25) is 0 Å². The molecule has 0 unspecified atom stereocenters. The van der Waals surface area contributed by atoms with Crippen LogP contribution in [0.3, 0.4) is 0 Å². The fourth-order valence-corrected chi connectivity index (χ4v) is 4.30. The van der Waals surface area contributed by atoms with E-state index >= 15 is 0 Å². The number of hydrogen-bond acceptors (Lipinski definition) is 2. The van der Waals surface area contributed by atoms with E-state index in [1.165, 1.54) is 44.8 Å². The summed E-state index contributed by atoms with van der Waals surface area (Å²) in [5, 5.41) is 0. The van der Waals surface area contributed by atoms with E-state index in [0.717, 1.165) is 19.8 Å². The van der Waals surface area contributed by atoms with E-state index in [1.807, 2.05) is 0 Å². The van der Waals surface area contributed by atoms with Gasteiger partial charge in [-0.25, -0.2) is 0 Å². The zero-order valence-corrected chi connectivity index (χ0v) is 18.5. The molecule has 0 amide bonds. The van der Waals surface area contributed by atoms with Crippen LogP contribution in [0, 0.1) is 41.5 Å². The Morgan fingerprint density at radius 3 is 1.20 bits per heavy atom.